The van der Waals surface area contributed by atoms with Gasteiger partial charge in [0.25, 0.3) is 0 Å². The zero-order chi connectivity index (χ0) is 7.49. The molecule has 0 aromatic carbocycles. The maximum atomic E-state index is 9.88. The fraction of sp³-hybridized carbons (Fsp3) is 1.00. The van der Waals surface area contributed by atoms with Crippen molar-refractivity contribution in [2.45, 2.75) is 12.7 Å². The summed E-state index contributed by atoms with van der Waals surface area (Å²) in [6.07, 6.45) is 0. The van der Waals surface area contributed by atoms with Gasteiger partial charge in [-0.3, -0.25) is 0 Å². The van der Waals surface area contributed by atoms with Crippen LogP contribution < -0.4 is 5.73 Å². The smallest absolute Gasteiger partial charge is 0.361 e. The van der Waals surface area contributed by atoms with Gasteiger partial charge in [0.1, 0.15) is 0 Å². The van der Waals surface area contributed by atoms with Gasteiger partial charge >= 0.3 is 8.25 Å². The Morgan fingerprint density at radius 3 is 2.44 bits per heavy atom. The molecule has 0 fully saturated rings. The molecule has 54 valence electrons. The lowest BCUT2D eigenvalue weighted by Crippen LogP contribution is -2.34. The van der Waals surface area contributed by atoms with Crippen molar-refractivity contribution in [3.05, 3.63) is 0 Å². The van der Waals surface area contributed by atoms with Crippen molar-refractivity contribution < 1.29 is 19.1 Å². The molecule has 0 aromatic heterocycles. The fourth-order valence-corrected chi connectivity index (χ4v) is 0.617. The van der Waals surface area contributed by atoms with Crippen LogP contribution in [0.5, 0.6) is 0 Å². The molecule has 0 saturated carbocycles. The molecule has 0 aromatic rings. The minimum atomic E-state index is -2.77. The molecule has 0 amide bonds. The summed E-state index contributed by atoms with van der Waals surface area (Å²) in [6.45, 7) is 0.991. The SMILES string of the molecule is CC(O)(CN)O[P+](=O)O. The van der Waals surface area contributed by atoms with Crippen molar-refractivity contribution in [2.75, 3.05) is 6.54 Å². The lowest BCUT2D eigenvalue weighted by molar-refractivity contribution is -0.112. The monoisotopic (exact) mass is 154 g/mol. The molecule has 9 heavy (non-hydrogen) atoms. The van der Waals surface area contributed by atoms with Crippen LogP contribution in [-0.4, -0.2) is 22.3 Å². The molecule has 4 N–H and O–H groups in total. The van der Waals surface area contributed by atoms with Crippen LogP contribution in [0.25, 0.3) is 0 Å². The topological polar surface area (TPSA) is 92.8 Å². The minimum absolute atomic E-state index is 0.214. The molecule has 0 aliphatic carbocycles. The maximum absolute atomic E-state index is 9.88. The molecule has 0 saturated heterocycles. The zero-order valence-electron chi connectivity index (χ0n) is 4.94. The maximum Gasteiger partial charge on any atom is 0.697 e. The average Bonchev–Trinajstić information content (AvgIpc) is 1.63. The molecule has 2 atom stereocenters. The normalized spacial score (nSPS) is 18.9. The van der Waals surface area contributed by atoms with Crippen LogP contribution in [0.2, 0.25) is 0 Å². The van der Waals surface area contributed by atoms with Gasteiger partial charge in [-0.2, -0.15) is 0 Å². The van der Waals surface area contributed by atoms with Crippen LogP contribution in [0, 0.1) is 0 Å². The Labute approximate surface area is 53.4 Å². The first kappa shape index (κ1) is 8.94. The third-order valence-corrected chi connectivity index (χ3v) is 1.20. The molecule has 0 heterocycles. The van der Waals surface area contributed by atoms with E-state index in [0.29, 0.717) is 0 Å². The highest BCUT2D eigenvalue weighted by atomic mass is 31.1. The molecule has 0 aliphatic rings. The van der Waals surface area contributed by atoms with Crippen molar-refractivity contribution in [2.24, 2.45) is 5.73 Å². The van der Waals surface area contributed by atoms with Crippen LogP contribution in [0.4, 0.5) is 0 Å². The molecule has 0 aliphatic heterocycles. The summed E-state index contributed by atoms with van der Waals surface area (Å²) in [7, 11) is -2.77. The molecule has 6 heteroatoms. The Kier molecular flexibility index (Phi) is 3.17. The standard InChI is InChI=1S/C3H8NO4P/c1-3(5,2-4)8-9(6)7/h5H,2,4H2,1H3/p+1. The van der Waals surface area contributed by atoms with Gasteiger partial charge in [-0.15, -0.1) is 4.89 Å². The van der Waals surface area contributed by atoms with Crippen molar-refractivity contribution in [1.82, 2.24) is 0 Å². The van der Waals surface area contributed by atoms with Crippen molar-refractivity contribution in [3.63, 3.8) is 0 Å². The first-order valence-electron chi connectivity index (χ1n) is 2.25. The van der Waals surface area contributed by atoms with Crippen molar-refractivity contribution >= 4 is 8.25 Å². The number of nitrogens with two attached hydrogens (primary N) is 1. The van der Waals surface area contributed by atoms with E-state index in [1.165, 1.54) is 6.92 Å². The molecule has 2 unspecified atom stereocenters. The van der Waals surface area contributed by atoms with Crippen LogP contribution in [0.1, 0.15) is 6.92 Å². The van der Waals surface area contributed by atoms with Crippen LogP contribution in [-0.2, 0) is 9.09 Å². The van der Waals surface area contributed by atoms with E-state index in [2.05, 4.69) is 4.52 Å². The lowest BCUT2D eigenvalue weighted by Gasteiger charge is -2.10. The second-order valence-corrected chi connectivity index (χ2v) is 2.37. The summed E-state index contributed by atoms with van der Waals surface area (Å²) in [5.74, 6) is -1.69. The Bertz CT molecular complexity index is 114. The van der Waals surface area contributed by atoms with E-state index in [1.54, 1.807) is 0 Å². The van der Waals surface area contributed by atoms with Gasteiger partial charge in [-0.25, -0.2) is 0 Å². The highest BCUT2D eigenvalue weighted by Gasteiger charge is 2.31. The van der Waals surface area contributed by atoms with E-state index in [4.69, 9.17) is 15.7 Å². The van der Waals surface area contributed by atoms with Crippen LogP contribution in [0.15, 0.2) is 0 Å². The molecular formula is C3H9NO4P+. The minimum Gasteiger partial charge on any atom is -0.361 e. The molecular weight excluding hydrogens is 145 g/mol. The first-order chi connectivity index (χ1) is 3.98. The van der Waals surface area contributed by atoms with E-state index in [9.17, 15) is 4.57 Å². The van der Waals surface area contributed by atoms with E-state index >= 15 is 0 Å². The molecule has 0 bridgehead atoms. The van der Waals surface area contributed by atoms with E-state index in [0.717, 1.165) is 0 Å². The van der Waals surface area contributed by atoms with E-state index < -0.39 is 14.0 Å². The van der Waals surface area contributed by atoms with Crippen LogP contribution in [0.3, 0.4) is 0 Å². The third-order valence-electron chi connectivity index (χ3n) is 0.653. The van der Waals surface area contributed by atoms with Crippen molar-refractivity contribution in [1.29, 1.82) is 0 Å². The predicted octanol–water partition coefficient (Wildman–Crippen LogP) is -0.680. The average molecular weight is 154 g/mol. The number of rotatable bonds is 3. The van der Waals surface area contributed by atoms with Gasteiger partial charge in [0.15, 0.2) is 0 Å². The zero-order valence-corrected chi connectivity index (χ0v) is 5.84. The third kappa shape index (κ3) is 4.44. The van der Waals surface area contributed by atoms with Gasteiger partial charge in [-0.05, 0) is 6.92 Å². The van der Waals surface area contributed by atoms with Gasteiger partial charge in [0.05, 0.1) is 6.54 Å². The van der Waals surface area contributed by atoms with E-state index in [-0.39, 0.29) is 6.54 Å². The van der Waals surface area contributed by atoms with Gasteiger partial charge in [0, 0.05) is 4.57 Å². The second kappa shape index (κ2) is 3.20. The number of hydrogen-bond acceptors (Lipinski definition) is 4. The predicted molar refractivity (Wildman–Crippen MR) is 30.6 cm³/mol. The number of aliphatic hydroxyl groups is 1. The summed E-state index contributed by atoms with van der Waals surface area (Å²) in [5.41, 5.74) is 4.94. The molecule has 5 nitrogen and oxygen atoms in total. The lowest BCUT2D eigenvalue weighted by atomic mass is 10.3. The van der Waals surface area contributed by atoms with Crippen molar-refractivity contribution in [3.8, 4) is 0 Å². The van der Waals surface area contributed by atoms with E-state index in [1.807, 2.05) is 0 Å². The molecule has 0 radical (unpaired) electrons. The summed E-state index contributed by atoms with van der Waals surface area (Å²) < 4.78 is 14.0. The second-order valence-electron chi connectivity index (χ2n) is 1.71. The quantitative estimate of drug-likeness (QED) is 0.370. The summed E-state index contributed by atoms with van der Waals surface area (Å²) in [5, 5.41) is 8.80. The first-order valence-corrected chi connectivity index (χ1v) is 3.38. The Balaban J connectivity index is 3.71. The fourth-order valence-electron chi connectivity index (χ4n) is 0.206. The molecule has 0 spiro atoms. The largest absolute Gasteiger partial charge is 0.697 e. The summed E-state index contributed by atoms with van der Waals surface area (Å²) in [4.78, 5) is 8.09. The Hall–Kier alpha value is -0.0600. The highest BCUT2D eigenvalue weighted by molar-refractivity contribution is 7.32. The highest BCUT2D eigenvalue weighted by Crippen LogP contribution is 2.22. The van der Waals surface area contributed by atoms with Gasteiger partial charge < -0.3 is 10.8 Å². The molecule has 0 rings (SSSR count). The Morgan fingerprint density at radius 1 is 1.89 bits per heavy atom. The number of hydrogen-bond donors (Lipinski definition) is 3. The Morgan fingerprint density at radius 2 is 2.33 bits per heavy atom. The van der Waals surface area contributed by atoms with Gasteiger partial charge in [-0.1, -0.05) is 4.52 Å². The van der Waals surface area contributed by atoms with Gasteiger partial charge in [0.2, 0.25) is 5.79 Å². The van der Waals surface area contributed by atoms with Crippen LogP contribution >= 0.6 is 8.25 Å². The summed E-state index contributed by atoms with van der Waals surface area (Å²) in [6, 6.07) is 0. The summed E-state index contributed by atoms with van der Waals surface area (Å²) >= 11 is 0.